The van der Waals surface area contributed by atoms with Crippen LogP contribution in [0.2, 0.25) is 0 Å². The van der Waals surface area contributed by atoms with E-state index < -0.39 is 3.79 Å². The third-order valence-electron chi connectivity index (χ3n) is 1.85. The lowest BCUT2D eigenvalue weighted by molar-refractivity contribution is 0.868. The maximum absolute atomic E-state index is 5.74. The number of nitrogens with one attached hydrogen (secondary N) is 2. The van der Waals surface area contributed by atoms with Crippen LogP contribution in [0, 0.1) is 0 Å². The van der Waals surface area contributed by atoms with Gasteiger partial charge in [0.25, 0.3) is 0 Å². The zero-order chi connectivity index (χ0) is 9.47. The highest BCUT2D eigenvalue weighted by Gasteiger charge is 2.36. The third-order valence-corrected chi connectivity index (χ3v) is 2.51. The van der Waals surface area contributed by atoms with Gasteiger partial charge in [-0.3, -0.25) is 0 Å². The summed E-state index contributed by atoms with van der Waals surface area (Å²) in [6, 6.07) is 7.71. The van der Waals surface area contributed by atoms with Crippen molar-refractivity contribution in [3.05, 3.63) is 24.3 Å². The maximum atomic E-state index is 5.74. The van der Waals surface area contributed by atoms with Crippen LogP contribution < -0.4 is 10.6 Å². The minimum Gasteiger partial charge on any atom is -0.360 e. The smallest absolute Gasteiger partial charge is 0.228 e. The molecule has 1 heterocycles. The summed E-state index contributed by atoms with van der Waals surface area (Å²) in [5, 5.41) is 6.13. The lowest BCUT2D eigenvalue weighted by atomic mass is 10.3. The molecule has 0 aromatic heterocycles. The van der Waals surface area contributed by atoms with Crippen molar-refractivity contribution in [3.63, 3.8) is 0 Å². The second-order valence-corrected chi connectivity index (χ2v) is 5.18. The molecule has 1 aliphatic rings. The topological polar surface area (TPSA) is 24.1 Å². The molecule has 1 aromatic carbocycles. The van der Waals surface area contributed by atoms with E-state index in [9.17, 15) is 0 Å². The van der Waals surface area contributed by atoms with Crippen LogP contribution in [0.3, 0.4) is 0 Å². The normalized spacial score (nSPS) is 16.2. The maximum Gasteiger partial charge on any atom is 0.228 e. The highest BCUT2D eigenvalue weighted by atomic mass is 35.6. The fraction of sp³-hybridized carbons (Fsp3) is 0.250. The Labute approximate surface area is 91.2 Å². The van der Waals surface area contributed by atoms with Crippen LogP contribution in [-0.4, -0.2) is 9.96 Å². The Bertz CT molecular complexity index is 296. The summed E-state index contributed by atoms with van der Waals surface area (Å²) in [6.07, 6.45) is -0.366. The first kappa shape index (κ1) is 9.25. The molecule has 2 nitrogen and oxygen atoms in total. The molecule has 0 spiro atoms. The summed E-state index contributed by atoms with van der Waals surface area (Å²) in [5.41, 5.74) is 1.91. The van der Waals surface area contributed by atoms with Crippen molar-refractivity contribution >= 4 is 46.2 Å². The van der Waals surface area contributed by atoms with Crippen molar-refractivity contribution in [3.8, 4) is 0 Å². The molecular weight excluding hydrogens is 230 g/mol. The summed E-state index contributed by atoms with van der Waals surface area (Å²) >= 11 is 17.2. The Morgan fingerprint density at radius 3 is 1.85 bits per heavy atom. The first-order chi connectivity index (χ1) is 6.07. The van der Waals surface area contributed by atoms with E-state index in [0.717, 1.165) is 11.4 Å². The van der Waals surface area contributed by atoms with Crippen molar-refractivity contribution in [2.45, 2.75) is 9.96 Å². The molecule has 0 radical (unpaired) electrons. The third kappa shape index (κ3) is 1.80. The Morgan fingerprint density at radius 1 is 1.00 bits per heavy atom. The second kappa shape index (κ2) is 3.12. The highest BCUT2D eigenvalue weighted by molar-refractivity contribution is 6.68. The monoisotopic (exact) mass is 236 g/mol. The minimum atomic E-state index is -1.35. The molecule has 1 aliphatic heterocycles. The number of hydrogen-bond acceptors (Lipinski definition) is 2. The fourth-order valence-corrected chi connectivity index (χ4v) is 1.57. The van der Waals surface area contributed by atoms with Crippen LogP contribution in [0.4, 0.5) is 11.4 Å². The number of alkyl halides is 3. The molecule has 1 aromatic rings. The lowest BCUT2D eigenvalue weighted by Gasteiger charge is -2.20. The van der Waals surface area contributed by atoms with Gasteiger partial charge in [0.2, 0.25) is 3.79 Å². The van der Waals surface area contributed by atoms with E-state index >= 15 is 0 Å². The highest BCUT2D eigenvalue weighted by Crippen LogP contribution is 2.38. The standard InChI is InChI=1S/C8H7Cl3N2/c9-8(10,11)7-12-5-3-1-2-4-6(5)13-7/h1-4,7,12-13H. The molecule has 0 saturated carbocycles. The van der Waals surface area contributed by atoms with Crippen LogP contribution in [0.25, 0.3) is 0 Å². The van der Waals surface area contributed by atoms with Crippen LogP contribution in [0.5, 0.6) is 0 Å². The molecule has 0 amide bonds. The first-order valence-electron chi connectivity index (χ1n) is 3.76. The quantitative estimate of drug-likeness (QED) is 0.677. The molecule has 5 heteroatoms. The summed E-state index contributed by atoms with van der Waals surface area (Å²) < 4.78 is -1.35. The SMILES string of the molecule is ClC(Cl)(Cl)C1Nc2ccccc2N1. The predicted octanol–water partition coefficient (Wildman–Crippen LogP) is 3.22. The fourth-order valence-electron chi connectivity index (χ4n) is 1.25. The van der Waals surface area contributed by atoms with Crippen molar-refractivity contribution in [1.82, 2.24) is 0 Å². The van der Waals surface area contributed by atoms with Gasteiger partial charge in [0, 0.05) is 0 Å². The molecule has 13 heavy (non-hydrogen) atoms. The van der Waals surface area contributed by atoms with E-state index in [1.807, 2.05) is 24.3 Å². The first-order valence-corrected chi connectivity index (χ1v) is 4.89. The summed E-state index contributed by atoms with van der Waals surface area (Å²) in [7, 11) is 0. The van der Waals surface area contributed by atoms with Crippen LogP contribution >= 0.6 is 34.8 Å². The molecule has 0 saturated heterocycles. The Morgan fingerprint density at radius 2 is 1.46 bits per heavy atom. The van der Waals surface area contributed by atoms with Gasteiger partial charge < -0.3 is 10.6 Å². The predicted molar refractivity (Wildman–Crippen MR) is 57.8 cm³/mol. The van der Waals surface area contributed by atoms with Gasteiger partial charge in [-0.15, -0.1) is 0 Å². The molecule has 0 aliphatic carbocycles. The number of fused-ring (bicyclic) bond motifs is 1. The van der Waals surface area contributed by atoms with Gasteiger partial charge in [0.05, 0.1) is 11.4 Å². The van der Waals surface area contributed by atoms with Crippen LogP contribution in [0.1, 0.15) is 0 Å². The largest absolute Gasteiger partial charge is 0.360 e. The van der Waals surface area contributed by atoms with Gasteiger partial charge in [-0.2, -0.15) is 0 Å². The molecule has 0 unspecified atom stereocenters. The average Bonchev–Trinajstić information content (AvgIpc) is 2.45. The van der Waals surface area contributed by atoms with Gasteiger partial charge in [-0.1, -0.05) is 46.9 Å². The summed E-state index contributed by atoms with van der Waals surface area (Å²) in [4.78, 5) is 0. The summed E-state index contributed by atoms with van der Waals surface area (Å²) in [6.45, 7) is 0. The van der Waals surface area contributed by atoms with Gasteiger partial charge in [-0.25, -0.2) is 0 Å². The Kier molecular flexibility index (Phi) is 2.22. The molecular formula is C8H7Cl3N2. The van der Waals surface area contributed by atoms with Gasteiger partial charge in [0.1, 0.15) is 6.17 Å². The number of rotatable bonds is 0. The van der Waals surface area contributed by atoms with Crippen molar-refractivity contribution < 1.29 is 0 Å². The molecule has 0 fully saturated rings. The summed E-state index contributed by atoms with van der Waals surface area (Å²) in [5.74, 6) is 0. The van der Waals surface area contributed by atoms with E-state index in [1.54, 1.807) is 0 Å². The Balaban J connectivity index is 2.23. The van der Waals surface area contributed by atoms with Crippen LogP contribution in [-0.2, 0) is 0 Å². The number of halogens is 3. The van der Waals surface area contributed by atoms with Crippen molar-refractivity contribution in [2.75, 3.05) is 10.6 Å². The van der Waals surface area contributed by atoms with Gasteiger partial charge in [0.15, 0.2) is 0 Å². The number of hydrogen-bond donors (Lipinski definition) is 2. The van der Waals surface area contributed by atoms with Crippen molar-refractivity contribution in [1.29, 1.82) is 0 Å². The average molecular weight is 238 g/mol. The number of benzene rings is 1. The van der Waals surface area contributed by atoms with E-state index in [-0.39, 0.29) is 6.17 Å². The zero-order valence-electron chi connectivity index (χ0n) is 6.52. The Hall–Kier alpha value is -0.310. The van der Waals surface area contributed by atoms with E-state index in [1.165, 1.54) is 0 Å². The molecule has 70 valence electrons. The van der Waals surface area contributed by atoms with E-state index in [0.29, 0.717) is 0 Å². The van der Waals surface area contributed by atoms with Gasteiger partial charge in [-0.05, 0) is 12.1 Å². The lowest BCUT2D eigenvalue weighted by Crippen LogP contribution is -2.36. The van der Waals surface area contributed by atoms with E-state index in [2.05, 4.69) is 10.6 Å². The second-order valence-electron chi connectivity index (χ2n) is 2.81. The number of anilines is 2. The van der Waals surface area contributed by atoms with Crippen molar-refractivity contribution in [2.24, 2.45) is 0 Å². The van der Waals surface area contributed by atoms with Crippen LogP contribution in [0.15, 0.2) is 24.3 Å². The van der Waals surface area contributed by atoms with E-state index in [4.69, 9.17) is 34.8 Å². The minimum absolute atomic E-state index is 0.366. The molecule has 0 atom stereocenters. The zero-order valence-corrected chi connectivity index (χ0v) is 8.79. The molecule has 0 bridgehead atoms. The van der Waals surface area contributed by atoms with Gasteiger partial charge >= 0.3 is 0 Å². The molecule has 2 N–H and O–H groups in total. The molecule has 2 rings (SSSR count). The number of para-hydroxylation sites is 2.